The minimum absolute atomic E-state index is 0.198. The van der Waals surface area contributed by atoms with Gasteiger partial charge in [-0.1, -0.05) is 29.8 Å². The van der Waals surface area contributed by atoms with Gasteiger partial charge in [-0.2, -0.15) is 4.98 Å². The molecule has 1 spiro atoms. The van der Waals surface area contributed by atoms with Crippen LogP contribution in [0.5, 0.6) is 0 Å². The average molecular weight is 493 g/mol. The first-order valence-electron chi connectivity index (χ1n) is 10.2. The molecule has 3 aromatic rings. The average Bonchev–Trinajstić information content (AvgIpc) is 3.32. The molecule has 2 aliphatic rings. The summed E-state index contributed by atoms with van der Waals surface area (Å²) in [6, 6.07) is 7.56. The predicted octanol–water partition coefficient (Wildman–Crippen LogP) is 2.60. The van der Waals surface area contributed by atoms with Crippen LogP contribution < -0.4 is 15.9 Å². The van der Waals surface area contributed by atoms with Crippen molar-refractivity contribution in [3.63, 3.8) is 0 Å². The van der Waals surface area contributed by atoms with Crippen LogP contribution in [0.25, 0.3) is 11.2 Å². The Labute approximate surface area is 189 Å². The van der Waals surface area contributed by atoms with Gasteiger partial charge in [-0.25, -0.2) is 9.78 Å². The van der Waals surface area contributed by atoms with Crippen LogP contribution in [0, 0.1) is 5.41 Å². The first kappa shape index (κ1) is 21.4. The molecular weight excluding hydrogens is 467 g/mol. The van der Waals surface area contributed by atoms with Gasteiger partial charge in [-0.05, 0) is 37.4 Å². The maximum Gasteiger partial charge on any atom is 0.328 e. The molecule has 0 amide bonds. The minimum atomic E-state index is -0.198. The Morgan fingerprint density at radius 1 is 1.27 bits per heavy atom. The number of rotatable bonds is 3. The zero-order valence-electron chi connectivity index (χ0n) is 17.0. The van der Waals surface area contributed by atoms with Crippen molar-refractivity contribution in [3.05, 3.63) is 51.5 Å². The van der Waals surface area contributed by atoms with Crippen molar-refractivity contribution in [1.82, 2.24) is 24.8 Å². The van der Waals surface area contributed by atoms with E-state index in [1.165, 1.54) is 12.8 Å². The van der Waals surface area contributed by atoms with Gasteiger partial charge in [0.2, 0.25) is 5.95 Å². The van der Waals surface area contributed by atoms with Crippen LogP contribution in [-0.4, -0.2) is 61.7 Å². The number of aromatic nitrogens is 4. The van der Waals surface area contributed by atoms with Gasteiger partial charge in [0.05, 0.1) is 12.7 Å². The maximum absolute atomic E-state index is 12.5. The Bertz CT molecular complexity index is 1070. The minimum Gasteiger partial charge on any atom is -0.340 e. The van der Waals surface area contributed by atoms with Crippen molar-refractivity contribution in [2.75, 3.05) is 31.1 Å². The fourth-order valence-corrected chi connectivity index (χ4v) is 4.71. The molecule has 2 fully saturated rings. The molecule has 0 aliphatic carbocycles. The monoisotopic (exact) mass is 493 g/mol. The van der Waals surface area contributed by atoms with Crippen LogP contribution in [0.1, 0.15) is 24.8 Å². The number of hydrogen-bond acceptors (Lipinski definition) is 5. The maximum atomic E-state index is 12.5. The Hall–Kier alpha value is -1.86. The second-order valence-corrected chi connectivity index (χ2v) is 8.37. The zero-order chi connectivity index (χ0) is 21.1. The summed E-state index contributed by atoms with van der Waals surface area (Å²) in [6.07, 6.45) is 5.34. The van der Waals surface area contributed by atoms with Gasteiger partial charge in [0.15, 0.2) is 5.65 Å². The van der Waals surface area contributed by atoms with E-state index in [-0.39, 0.29) is 5.69 Å². The molecule has 2 N–H and O–H groups in total. The summed E-state index contributed by atoms with van der Waals surface area (Å²) in [5.74, 6) is 2.57. The molecule has 0 saturated carbocycles. The van der Waals surface area contributed by atoms with E-state index in [4.69, 9.17) is 16.6 Å². The van der Waals surface area contributed by atoms with E-state index in [1.807, 2.05) is 30.1 Å². The third-order valence-corrected chi connectivity index (χ3v) is 6.44. The standard InChI is InChI=1S/C20H23ClN6O.CH3Se/c21-15-5-2-1-4-14(15)11-27-17-16(24-19(27)28)10-23-18(25-17)26-9-7-20(13-26)6-3-8-22-12-20;1-2/h1-2,4-5,10,22H,3,6-9,11-13H2,(H,24,28);1H3. The summed E-state index contributed by atoms with van der Waals surface area (Å²) in [7, 11) is 0. The van der Waals surface area contributed by atoms with Gasteiger partial charge in [-0.3, -0.25) is 4.57 Å². The number of anilines is 1. The van der Waals surface area contributed by atoms with Gasteiger partial charge < -0.3 is 15.2 Å². The van der Waals surface area contributed by atoms with E-state index < -0.39 is 0 Å². The fourth-order valence-electron chi connectivity index (χ4n) is 4.52. The smallest absolute Gasteiger partial charge is 0.328 e. The SMILES string of the molecule is C[Se].O=c1[nH]c2cnc(N3CCC4(CCCNC4)C3)nc2n1Cc1ccccc1Cl. The van der Waals surface area contributed by atoms with Crippen molar-refractivity contribution in [3.8, 4) is 0 Å². The Balaban J connectivity index is 0.00000106. The molecular formula is C21H26ClN6OSe. The van der Waals surface area contributed by atoms with Gasteiger partial charge >= 0.3 is 27.5 Å². The van der Waals surface area contributed by atoms with Gasteiger partial charge in [0, 0.05) is 30.1 Å². The molecule has 5 rings (SSSR count). The molecule has 1 radical (unpaired) electrons. The third-order valence-electron chi connectivity index (χ3n) is 6.07. The second-order valence-electron chi connectivity index (χ2n) is 7.97. The molecule has 4 heterocycles. The number of halogens is 1. The molecule has 7 nitrogen and oxygen atoms in total. The van der Waals surface area contributed by atoms with Crippen LogP contribution >= 0.6 is 11.6 Å². The van der Waals surface area contributed by atoms with Crippen molar-refractivity contribution in [1.29, 1.82) is 0 Å². The summed E-state index contributed by atoms with van der Waals surface area (Å²) in [5.41, 5.74) is 2.29. The molecule has 0 bridgehead atoms. The fraction of sp³-hybridized carbons (Fsp3) is 0.476. The summed E-state index contributed by atoms with van der Waals surface area (Å²) in [5, 5.41) is 4.18. The van der Waals surface area contributed by atoms with Crippen LogP contribution in [0.4, 0.5) is 5.95 Å². The molecule has 159 valence electrons. The summed E-state index contributed by atoms with van der Waals surface area (Å²) >= 11 is 8.91. The Morgan fingerprint density at radius 3 is 2.87 bits per heavy atom. The van der Waals surface area contributed by atoms with Crippen molar-refractivity contribution >= 4 is 44.7 Å². The summed E-state index contributed by atoms with van der Waals surface area (Å²) in [4.78, 5) is 26.9. The normalized spacial score (nSPS) is 21.1. The number of hydrogen-bond donors (Lipinski definition) is 2. The van der Waals surface area contributed by atoms with Gasteiger partial charge in [0.1, 0.15) is 5.52 Å². The van der Waals surface area contributed by atoms with E-state index in [1.54, 1.807) is 10.8 Å². The molecule has 1 atom stereocenters. The topological polar surface area (TPSA) is 78.8 Å². The molecule has 2 saturated heterocycles. The van der Waals surface area contributed by atoms with Gasteiger partial charge in [0.25, 0.3) is 0 Å². The van der Waals surface area contributed by atoms with E-state index in [9.17, 15) is 4.79 Å². The predicted molar refractivity (Wildman–Crippen MR) is 122 cm³/mol. The summed E-state index contributed by atoms with van der Waals surface area (Å²) < 4.78 is 1.63. The largest absolute Gasteiger partial charge is 0.340 e. The van der Waals surface area contributed by atoms with Crippen molar-refractivity contribution in [2.24, 2.45) is 5.41 Å². The van der Waals surface area contributed by atoms with Crippen LogP contribution in [0.2, 0.25) is 10.8 Å². The molecule has 1 aromatic carbocycles. The number of benzene rings is 1. The van der Waals surface area contributed by atoms with Crippen LogP contribution in [0.3, 0.4) is 0 Å². The molecule has 2 aliphatic heterocycles. The number of H-pyrrole nitrogens is 1. The van der Waals surface area contributed by atoms with Crippen molar-refractivity contribution in [2.45, 2.75) is 31.6 Å². The van der Waals surface area contributed by atoms with E-state index in [0.29, 0.717) is 34.1 Å². The number of piperidine rings is 1. The Kier molecular flexibility index (Phi) is 6.48. The number of nitrogens with one attached hydrogen (secondary N) is 2. The quantitative estimate of drug-likeness (QED) is 0.550. The van der Waals surface area contributed by atoms with Crippen LogP contribution in [0.15, 0.2) is 35.3 Å². The third kappa shape index (κ3) is 4.14. The second kappa shape index (κ2) is 9.10. The number of imidazole rings is 1. The number of nitrogens with zero attached hydrogens (tertiary/aromatic N) is 4. The first-order chi connectivity index (χ1) is 14.6. The first-order valence-corrected chi connectivity index (χ1v) is 12.3. The Morgan fingerprint density at radius 2 is 2.10 bits per heavy atom. The summed E-state index contributed by atoms with van der Waals surface area (Å²) in [6.45, 7) is 4.47. The van der Waals surface area contributed by atoms with E-state index >= 15 is 0 Å². The molecule has 1 unspecified atom stereocenters. The molecule has 2 aromatic heterocycles. The molecule has 9 heteroatoms. The van der Waals surface area contributed by atoms with Crippen molar-refractivity contribution < 1.29 is 0 Å². The van der Waals surface area contributed by atoms with E-state index in [2.05, 4.69) is 36.2 Å². The van der Waals surface area contributed by atoms with Crippen LogP contribution in [-0.2, 0) is 6.54 Å². The van der Waals surface area contributed by atoms with E-state index in [0.717, 1.165) is 38.2 Å². The van der Waals surface area contributed by atoms with Gasteiger partial charge in [-0.15, -0.1) is 0 Å². The number of fused-ring (bicyclic) bond motifs is 1. The number of aromatic amines is 1. The zero-order valence-corrected chi connectivity index (χ0v) is 19.5. The molecule has 30 heavy (non-hydrogen) atoms.